The van der Waals surface area contributed by atoms with Crippen molar-refractivity contribution < 1.29 is 0 Å². The zero-order chi connectivity index (χ0) is 10.8. The van der Waals surface area contributed by atoms with Crippen LogP contribution < -0.4 is 5.73 Å². The molecule has 0 aliphatic heterocycles. The molecule has 2 aromatic rings. The Morgan fingerprint density at radius 1 is 1.27 bits per heavy atom. The fourth-order valence-corrected chi connectivity index (χ4v) is 1.44. The fourth-order valence-electron chi connectivity index (χ4n) is 1.15. The van der Waals surface area contributed by atoms with Crippen molar-refractivity contribution in [3.63, 3.8) is 0 Å². The lowest BCUT2D eigenvalue weighted by molar-refractivity contribution is 0.797. The van der Waals surface area contributed by atoms with Gasteiger partial charge in [-0.2, -0.15) is 0 Å². The minimum Gasteiger partial charge on any atom is -0.325 e. The quantitative estimate of drug-likeness (QED) is 0.877. The van der Waals surface area contributed by atoms with Gasteiger partial charge in [0.1, 0.15) is 0 Å². The third-order valence-electron chi connectivity index (χ3n) is 1.92. The summed E-state index contributed by atoms with van der Waals surface area (Å²) >= 11 is 11.7. The zero-order valence-electron chi connectivity index (χ0n) is 7.69. The van der Waals surface area contributed by atoms with E-state index in [1.54, 1.807) is 23.0 Å². The average molecular weight is 243 g/mol. The molecule has 6 heteroatoms. The van der Waals surface area contributed by atoms with Crippen molar-refractivity contribution in [2.45, 2.75) is 6.54 Å². The normalized spacial score (nSPS) is 10.6. The molecule has 0 saturated heterocycles. The van der Waals surface area contributed by atoms with Crippen LogP contribution in [0.3, 0.4) is 0 Å². The van der Waals surface area contributed by atoms with E-state index in [-0.39, 0.29) is 0 Å². The molecule has 0 bridgehead atoms. The standard InChI is InChI=1S/C9H8Cl2N4/c10-8-2-1-7(3-9(8)11)15-5-6(4-12)13-14-15/h1-3,5H,4,12H2. The summed E-state index contributed by atoms with van der Waals surface area (Å²) < 4.78 is 1.60. The van der Waals surface area contributed by atoms with E-state index in [0.29, 0.717) is 16.6 Å². The number of nitrogens with two attached hydrogens (primary N) is 1. The number of hydrogen-bond donors (Lipinski definition) is 1. The highest BCUT2D eigenvalue weighted by atomic mass is 35.5. The second-order valence-electron chi connectivity index (χ2n) is 2.96. The van der Waals surface area contributed by atoms with E-state index >= 15 is 0 Å². The van der Waals surface area contributed by atoms with Crippen LogP contribution >= 0.6 is 23.2 Å². The van der Waals surface area contributed by atoms with E-state index in [1.807, 2.05) is 6.07 Å². The molecule has 1 aromatic heterocycles. The summed E-state index contributed by atoms with van der Waals surface area (Å²) in [6.07, 6.45) is 1.75. The van der Waals surface area contributed by atoms with E-state index in [1.165, 1.54) is 0 Å². The van der Waals surface area contributed by atoms with Gasteiger partial charge >= 0.3 is 0 Å². The minimum atomic E-state index is 0.362. The monoisotopic (exact) mass is 242 g/mol. The predicted octanol–water partition coefficient (Wildman–Crippen LogP) is 2.03. The topological polar surface area (TPSA) is 56.7 Å². The van der Waals surface area contributed by atoms with E-state index in [9.17, 15) is 0 Å². The molecule has 0 unspecified atom stereocenters. The summed E-state index contributed by atoms with van der Waals surface area (Å²) in [5.74, 6) is 0. The molecule has 2 rings (SSSR count). The third kappa shape index (κ3) is 2.12. The van der Waals surface area contributed by atoms with Gasteiger partial charge in [-0.3, -0.25) is 0 Å². The van der Waals surface area contributed by atoms with E-state index in [2.05, 4.69) is 10.3 Å². The van der Waals surface area contributed by atoms with Gasteiger partial charge in [0.05, 0.1) is 27.6 Å². The van der Waals surface area contributed by atoms with Crippen LogP contribution in [-0.4, -0.2) is 15.0 Å². The van der Waals surface area contributed by atoms with Gasteiger partial charge in [-0.15, -0.1) is 5.10 Å². The molecule has 0 aliphatic rings. The second-order valence-corrected chi connectivity index (χ2v) is 3.77. The van der Waals surface area contributed by atoms with Gasteiger partial charge in [-0.05, 0) is 18.2 Å². The molecule has 0 spiro atoms. The summed E-state index contributed by atoms with van der Waals surface area (Å²) in [7, 11) is 0. The van der Waals surface area contributed by atoms with Crippen LogP contribution in [0.25, 0.3) is 5.69 Å². The highest BCUT2D eigenvalue weighted by molar-refractivity contribution is 6.42. The maximum Gasteiger partial charge on any atom is 0.0967 e. The van der Waals surface area contributed by atoms with Crippen molar-refractivity contribution in [2.75, 3.05) is 0 Å². The number of nitrogens with zero attached hydrogens (tertiary/aromatic N) is 3. The van der Waals surface area contributed by atoms with Crippen molar-refractivity contribution in [3.05, 3.63) is 40.1 Å². The van der Waals surface area contributed by atoms with Crippen LogP contribution in [0.1, 0.15) is 5.69 Å². The van der Waals surface area contributed by atoms with Gasteiger partial charge in [0.15, 0.2) is 0 Å². The lowest BCUT2D eigenvalue weighted by atomic mass is 10.3. The second kappa shape index (κ2) is 4.18. The Bertz CT molecular complexity index is 481. The molecule has 0 fully saturated rings. The molecular weight excluding hydrogens is 235 g/mol. The Morgan fingerprint density at radius 2 is 2.07 bits per heavy atom. The number of benzene rings is 1. The molecular formula is C9H8Cl2N4. The van der Waals surface area contributed by atoms with E-state index in [0.717, 1.165) is 11.4 Å². The van der Waals surface area contributed by atoms with Crippen LogP contribution in [-0.2, 0) is 6.54 Å². The smallest absolute Gasteiger partial charge is 0.0967 e. The van der Waals surface area contributed by atoms with Crippen molar-refractivity contribution in [1.29, 1.82) is 0 Å². The van der Waals surface area contributed by atoms with Crippen LogP contribution in [0, 0.1) is 0 Å². The Hall–Kier alpha value is -1.10. The molecule has 4 nitrogen and oxygen atoms in total. The van der Waals surface area contributed by atoms with Gasteiger partial charge in [0.25, 0.3) is 0 Å². The lowest BCUT2D eigenvalue weighted by Crippen LogP contribution is -1.96. The SMILES string of the molecule is NCc1cn(-c2ccc(Cl)c(Cl)c2)nn1. The molecule has 15 heavy (non-hydrogen) atoms. The van der Waals surface area contributed by atoms with E-state index < -0.39 is 0 Å². The third-order valence-corrected chi connectivity index (χ3v) is 2.66. The molecule has 0 saturated carbocycles. The van der Waals surface area contributed by atoms with E-state index in [4.69, 9.17) is 28.9 Å². The fraction of sp³-hybridized carbons (Fsp3) is 0.111. The number of aromatic nitrogens is 3. The minimum absolute atomic E-state index is 0.362. The zero-order valence-corrected chi connectivity index (χ0v) is 9.20. The Balaban J connectivity index is 2.40. The summed E-state index contributed by atoms with van der Waals surface area (Å²) in [4.78, 5) is 0. The van der Waals surface area contributed by atoms with Gasteiger partial charge in [0.2, 0.25) is 0 Å². The molecule has 1 aromatic carbocycles. The average Bonchev–Trinajstić information content (AvgIpc) is 2.70. The maximum absolute atomic E-state index is 5.89. The lowest BCUT2D eigenvalue weighted by Gasteiger charge is -2.01. The van der Waals surface area contributed by atoms with Crippen molar-refractivity contribution >= 4 is 23.2 Å². The van der Waals surface area contributed by atoms with Crippen LogP contribution in [0.4, 0.5) is 0 Å². The first-order chi connectivity index (χ1) is 7.20. The van der Waals surface area contributed by atoms with Crippen LogP contribution in [0.5, 0.6) is 0 Å². The molecule has 0 aliphatic carbocycles. The van der Waals surface area contributed by atoms with Gasteiger partial charge < -0.3 is 5.73 Å². The van der Waals surface area contributed by atoms with Crippen LogP contribution in [0.2, 0.25) is 10.0 Å². The van der Waals surface area contributed by atoms with Crippen molar-refractivity contribution in [2.24, 2.45) is 5.73 Å². The van der Waals surface area contributed by atoms with Gasteiger partial charge in [0, 0.05) is 6.54 Å². The molecule has 2 N–H and O–H groups in total. The molecule has 78 valence electrons. The first-order valence-electron chi connectivity index (χ1n) is 4.27. The van der Waals surface area contributed by atoms with Gasteiger partial charge in [-0.25, -0.2) is 4.68 Å². The first-order valence-corrected chi connectivity index (χ1v) is 5.03. The van der Waals surface area contributed by atoms with Crippen molar-refractivity contribution in [1.82, 2.24) is 15.0 Å². The number of hydrogen-bond acceptors (Lipinski definition) is 3. The molecule has 0 radical (unpaired) electrons. The highest BCUT2D eigenvalue weighted by Crippen LogP contribution is 2.23. The predicted molar refractivity (Wildman–Crippen MR) is 59.3 cm³/mol. The largest absolute Gasteiger partial charge is 0.325 e. The molecule has 0 atom stereocenters. The van der Waals surface area contributed by atoms with Gasteiger partial charge in [-0.1, -0.05) is 28.4 Å². The molecule has 1 heterocycles. The van der Waals surface area contributed by atoms with Crippen molar-refractivity contribution in [3.8, 4) is 5.69 Å². The number of rotatable bonds is 2. The summed E-state index contributed by atoms with van der Waals surface area (Å²) in [5.41, 5.74) is 6.96. The summed E-state index contributed by atoms with van der Waals surface area (Å²) in [5, 5.41) is 8.79. The Kier molecular flexibility index (Phi) is 2.90. The maximum atomic E-state index is 5.89. The summed E-state index contributed by atoms with van der Waals surface area (Å²) in [6.45, 7) is 0.362. The summed E-state index contributed by atoms with van der Waals surface area (Å²) in [6, 6.07) is 5.24. The highest BCUT2D eigenvalue weighted by Gasteiger charge is 2.03. The first kappa shape index (κ1) is 10.4. The number of halogens is 2. The Morgan fingerprint density at radius 3 is 2.67 bits per heavy atom. The Labute approximate surface area is 96.6 Å². The molecule has 0 amide bonds. The van der Waals surface area contributed by atoms with Crippen LogP contribution in [0.15, 0.2) is 24.4 Å².